The number of nitrogen functional groups attached to an aromatic ring is 1. The Balaban J connectivity index is 1.97. The summed E-state index contributed by atoms with van der Waals surface area (Å²) in [6.07, 6.45) is 0.934. The number of hydrogen-bond acceptors (Lipinski definition) is 2. The predicted molar refractivity (Wildman–Crippen MR) is 72.0 cm³/mol. The van der Waals surface area contributed by atoms with Gasteiger partial charge in [-0.2, -0.15) is 0 Å². The molecule has 0 aliphatic carbocycles. The number of rotatable bonds is 1. The SMILES string of the molecule is Nc1cccc(F)c1N1CCc2ccccc2C1. The number of halogens is 1. The molecule has 1 heterocycles. The molecule has 0 amide bonds. The van der Waals surface area contributed by atoms with E-state index in [1.807, 2.05) is 17.0 Å². The van der Waals surface area contributed by atoms with E-state index in [1.165, 1.54) is 17.2 Å². The van der Waals surface area contributed by atoms with Gasteiger partial charge in [0.05, 0.1) is 11.4 Å². The van der Waals surface area contributed by atoms with Crippen molar-refractivity contribution in [3.8, 4) is 0 Å². The summed E-state index contributed by atoms with van der Waals surface area (Å²) in [5, 5.41) is 0. The molecule has 0 bridgehead atoms. The molecule has 0 saturated heterocycles. The average molecular weight is 242 g/mol. The minimum absolute atomic E-state index is 0.241. The Morgan fingerprint density at radius 2 is 1.78 bits per heavy atom. The zero-order chi connectivity index (χ0) is 12.5. The first-order valence-corrected chi connectivity index (χ1v) is 6.11. The normalized spacial score (nSPS) is 14.4. The molecule has 2 N–H and O–H groups in total. The third kappa shape index (κ3) is 1.82. The molecule has 0 radical (unpaired) electrons. The highest BCUT2D eigenvalue weighted by molar-refractivity contribution is 5.68. The second-order valence-corrected chi connectivity index (χ2v) is 4.62. The number of nitrogens with zero attached hydrogens (tertiary/aromatic N) is 1. The van der Waals surface area contributed by atoms with Gasteiger partial charge in [0.1, 0.15) is 5.82 Å². The molecule has 0 fully saturated rings. The van der Waals surface area contributed by atoms with Crippen molar-refractivity contribution >= 4 is 11.4 Å². The summed E-state index contributed by atoms with van der Waals surface area (Å²) in [5.74, 6) is -0.241. The average Bonchev–Trinajstić information content (AvgIpc) is 2.38. The Kier molecular flexibility index (Phi) is 2.67. The van der Waals surface area contributed by atoms with E-state index < -0.39 is 0 Å². The molecule has 2 nitrogen and oxygen atoms in total. The Labute approximate surface area is 106 Å². The minimum Gasteiger partial charge on any atom is -0.397 e. The number of anilines is 2. The predicted octanol–water partition coefficient (Wildman–Crippen LogP) is 2.97. The van der Waals surface area contributed by atoms with E-state index in [-0.39, 0.29) is 5.82 Å². The van der Waals surface area contributed by atoms with Gasteiger partial charge in [-0.1, -0.05) is 30.3 Å². The van der Waals surface area contributed by atoms with Crippen LogP contribution in [-0.2, 0) is 13.0 Å². The molecule has 0 unspecified atom stereocenters. The van der Waals surface area contributed by atoms with Crippen LogP contribution in [0.25, 0.3) is 0 Å². The quantitative estimate of drug-likeness (QED) is 0.779. The second-order valence-electron chi connectivity index (χ2n) is 4.62. The maximum Gasteiger partial charge on any atom is 0.148 e. The molecule has 1 aliphatic rings. The number of fused-ring (bicyclic) bond motifs is 1. The lowest BCUT2D eigenvalue weighted by atomic mass is 9.99. The molecule has 0 aromatic heterocycles. The van der Waals surface area contributed by atoms with Crippen LogP contribution in [0.3, 0.4) is 0 Å². The van der Waals surface area contributed by atoms with Crippen molar-refractivity contribution in [2.45, 2.75) is 13.0 Å². The van der Waals surface area contributed by atoms with Crippen LogP contribution in [0.4, 0.5) is 15.8 Å². The van der Waals surface area contributed by atoms with E-state index in [4.69, 9.17) is 5.73 Å². The second kappa shape index (κ2) is 4.33. The third-order valence-corrected chi connectivity index (χ3v) is 3.46. The number of hydrogen-bond donors (Lipinski definition) is 1. The van der Waals surface area contributed by atoms with Gasteiger partial charge in [-0.3, -0.25) is 0 Å². The minimum atomic E-state index is -0.241. The van der Waals surface area contributed by atoms with Crippen LogP contribution in [0.1, 0.15) is 11.1 Å². The van der Waals surface area contributed by atoms with Crippen molar-refractivity contribution in [3.05, 3.63) is 59.4 Å². The molecule has 1 aliphatic heterocycles. The Bertz CT molecular complexity index is 560. The van der Waals surface area contributed by atoms with Gasteiger partial charge in [-0.05, 0) is 29.7 Å². The lowest BCUT2D eigenvalue weighted by molar-refractivity contribution is 0.611. The standard InChI is InChI=1S/C15H15FN2/c16-13-6-3-7-14(17)15(13)18-9-8-11-4-1-2-5-12(11)10-18/h1-7H,8-10,17H2. The highest BCUT2D eigenvalue weighted by Crippen LogP contribution is 2.31. The first kappa shape index (κ1) is 11.1. The highest BCUT2D eigenvalue weighted by atomic mass is 19.1. The zero-order valence-corrected chi connectivity index (χ0v) is 10.1. The fraction of sp³-hybridized carbons (Fsp3) is 0.200. The van der Waals surface area contributed by atoms with Gasteiger partial charge in [0.15, 0.2) is 0 Å². The summed E-state index contributed by atoms with van der Waals surface area (Å²) in [4.78, 5) is 2.02. The molecule has 0 spiro atoms. The number of nitrogens with two attached hydrogens (primary N) is 1. The van der Waals surface area contributed by atoms with Crippen LogP contribution >= 0.6 is 0 Å². The van der Waals surface area contributed by atoms with Crippen molar-refractivity contribution < 1.29 is 4.39 Å². The molecule has 0 atom stereocenters. The number of benzene rings is 2. The van der Waals surface area contributed by atoms with E-state index >= 15 is 0 Å². The van der Waals surface area contributed by atoms with Crippen LogP contribution in [0.2, 0.25) is 0 Å². The van der Waals surface area contributed by atoms with Crippen molar-refractivity contribution in [2.75, 3.05) is 17.2 Å². The molecule has 0 saturated carbocycles. The van der Waals surface area contributed by atoms with E-state index in [1.54, 1.807) is 12.1 Å². The Hall–Kier alpha value is -2.03. The Morgan fingerprint density at radius 1 is 1.00 bits per heavy atom. The third-order valence-electron chi connectivity index (χ3n) is 3.46. The van der Waals surface area contributed by atoms with Crippen LogP contribution in [0.15, 0.2) is 42.5 Å². The monoisotopic (exact) mass is 242 g/mol. The van der Waals surface area contributed by atoms with Gasteiger partial charge in [0.2, 0.25) is 0 Å². The molecule has 18 heavy (non-hydrogen) atoms. The summed E-state index contributed by atoms with van der Waals surface area (Å²) in [7, 11) is 0. The van der Waals surface area contributed by atoms with Crippen molar-refractivity contribution in [3.63, 3.8) is 0 Å². The van der Waals surface area contributed by atoms with Crippen molar-refractivity contribution in [1.82, 2.24) is 0 Å². The van der Waals surface area contributed by atoms with E-state index in [0.29, 0.717) is 11.4 Å². The highest BCUT2D eigenvalue weighted by Gasteiger charge is 2.20. The molecular formula is C15H15FN2. The van der Waals surface area contributed by atoms with Crippen LogP contribution in [-0.4, -0.2) is 6.54 Å². The Morgan fingerprint density at radius 3 is 2.56 bits per heavy atom. The smallest absolute Gasteiger partial charge is 0.148 e. The van der Waals surface area contributed by atoms with E-state index in [2.05, 4.69) is 12.1 Å². The summed E-state index contributed by atoms with van der Waals surface area (Å²) in [6, 6.07) is 13.2. The first-order chi connectivity index (χ1) is 8.75. The first-order valence-electron chi connectivity index (χ1n) is 6.11. The maximum atomic E-state index is 13.9. The van der Waals surface area contributed by atoms with Crippen LogP contribution in [0.5, 0.6) is 0 Å². The lowest BCUT2D eigenvalue weighted by Crippen LogP contribution is -2.31. The summed E-state index contributed by atoms with van der Waals surface area (Å²) >= 11 is 0. The maximum absolute atomic E-state index is 13.9. The summed E-state index contributed by atoms with van der Waals surface area (Å²) < 4.78 is 13.9. The molecule has 92 valence electrons. The lowest BCUT2D eigenvalue weighted by Gasteiger charge is -2.31. The van der Waals surface area contributed by atoms with E-state index in [9.17, 15) is 4.39 Å². The van der Waals surface area contributed by atoms with Gasteiger partial charge in [-0.25, -0.2) is 4.39 Å². The van der Waals surface area contributed by atoms with Gasteiger partial charge < -0.3 is 10.6 Å². The van der Waals surface area contributed by atoms with Gasteiger partial charge in [-0.15, -0.1) is 0 Å². The van der Waals surface area contributed by atoms with Gasteiger partial charge in [0, 0.05) is 13.1 Å². The molecule has 2 aromatic rings. The molecule has 3 rings (SSSR count). The van der Waals surface area contributed by atoms with Gasteiger partial charge in [0.25, 0.3) is 0 Å². The summed E-state index contributed by atoms with van der Waals surface area (Å²) in [5.41, 5.74) is 9.54. The molecule has 2 aromatic carbocycles. The topological polar surface area (TPSA) is 29.3 Å². The number of para-hydroxylation sites is 1. The fourth-order valence-corrected chi connectivity index (χ4v) is 2.55. The van der Waals surface area contributed by atoms with Crippen LogP contribution in [0, 0.1) is 5.82 Å². The zero-order valence-electron chi connectivity index (χ0n) is 10.1. The molecular weight excluding hydrogens is 227 g/mol. The van der Waals surface area contributed by atoms with E-state index in [0.717, 1.165) is 19.5 Å². The molecule has 3 heteroatoms. The summed E-state index contributed by atoms with van der Waals surface area (Å²) in [6.45, 7) is 1.53. The van der Waals surface area contributed by atoms with Gasteiger partial charge >= 0.3 is 0 Å². The fourth-order valence-electron chi connectivity index (χ4n) is 2.55. The van der Waals surface area contributed by atoms with Crippen molar-refractivity contribution in [2.24, 2.45) is 0 Å². The van der Waals surface area contributed by atoms with Crippen molar-refractivity contribution in [1.29, 1.82) is 0 Å². The van der Waals surface area contributed by atoms with Crippen LogP contribution < -0.4 is 10.6 Å². The largest absolute Gasteiger partial charge is 0.397 e.